The second-order valence-electron chi connectivity index (χ2n) is 6.66. The van der Waals surface area contributed by atoms with Crippen LogP contribution in [0.25, 0.3) is 11.0 Å². The first-order valence-electron chi connectivity index (χ1n) is 9.80. The maximum atomic E-state index is 12.2. The van der Waals surface area contributed by atoms with E-state index >= 15 is 0 Å². The van der Waals surface area contributed by atoms with Crippen molar-refractivity contribution in [3.05, 3.63) is 28.6 Å². The first kappa shape index (κ1) is 21.6. The lowest BCUT2D eigenvalue weighted by Crippen LogP contribution is -2.09. The average molecular weight is 392 g/mol. The van der Waals surface area contributed by atoms with Crippen molar-refractivity contribution >= 4 is 16.9 Å². The van der Waals surface area contributed by atoms with E-state index in [2.05, 4.69) is 6.92 Å². The summed E-state index contributed by atoms with van der Waals surface area (Å²) in [4.78, 5) is 22.8. The standard InChI is InChI=1S/C21H28O7/c1-2-3-4-5-6-7-13-27-20-18(24)15-10-8-11-16(19(15)28-21(20)25)26-14-9-12-17(22)23/h8,10-11,24H,2-7,9,12-14H2,1H3,(H,22,23). The van der Waals surface area contributed by atoms with Gasteiger partial charge in [-0.25, -0.2) is 4.79 Å². The fourth-order valence-corrected chi connectivity index (χ4v) is 2.87. The van der Waals surface area contributed by atoms with E-state index in [1.54, 1.807) is 18.2 Å². The summed E-state index contributed by atoms with van der Waals surface area (Å²) in [7, 11) is 0. The van der Waals surface area contributed by atoms with Crippen molar-refractivity contribution in [2.24, 2.45) is 0 Å². The van der Waals surface area contributed by atoms with Gasteiger partial charge in [0.05, 0.1) is 18.6 Å². The fourth-order valence-electron chi connectivity index (χ4n) is 2.87. The lowest BCUT2D eigenvalue weighted by molar-refractivity contribution is -0.137. The molecule has 28 heavy (non-hydrogen) atoms. The molecule has 0 aliphatic rings. The molecule has 0 fully saturated rings. The van der Waals surface area contributed by atoms with Crippen LogP contribution >= 0.6 is 0 Å². The molecule has 2 N–H and O–H groups in total. The Labute approximate surface area is 163 Å². The highest BCUT2D eigenvalue weighted by Gasteiger charge is 2.18. The maximum Gasteiger partial charge on any atom is 0.383 e. The topological polar surface area (TPSA) is 106 Å². The van der Waals surface area contributed by atoms with Gasteiger partial charge in [0.15, 0.2) is 17.1 Å². The van der Waals surface area contributed by atoms with E-state index < -0.39 is 11.6 Å². The largest absolute Gasteiger partial charge is 0.504 e. The molecule has 1 aromatic heterocycles. The molecule has 154 valence electrons. The van der Waals surface area contributed by atoms with Gasteiger partial charge in [-0.05, 0) is 25.0 Å². The molecule has 7 heteroatoms. The monoisotopic (exact) mass is 392 g/mol. The van der Waals surface area contributed by atoms with E-state index in [0.717, 1.165) is 19.3 Å². The zero-order valence-electron chi connectivity index (χ0n) is 16.2. The van der Waals surface area contributed by atoms with E-state index in [1.165, 1.54) is 19.3 Å². The number of aromatic hydroxyl groups is 1. The molecule has 0 amide bonds. The molecule has 0 radical (unpaired) electrons. The van der Waals surface area contributed by atoms with Crippen LogP contribution in [0.15, 0.2) is 27.4 Å². The number of hydrogen-bond donors (Lipinski definition) is 2. The Bertz CT molecular complexity index is 825. The molecule has 0 aliphatic heterocycles. The second-order valence-corrected chi connectivity index (χ2v) is 6.66. The number of fused-ring (bicyclic) bond motifs is 1. The molecule has 0 spiro atoms. The van der Waals surface area contributed by atoms with Gasteiger partial charge in [-0.2, -0.15) is 0 Å². The molecule has 7 nitrogen and oxygen atoms in total. The third-order valence-corrected chi connectivity index (χ3v) is 4.37. The van der Waals surface area contributed by atoms with Gasteiger partial charge in [0, 0.05) is 6.42 Å². The summed E-state index contributed by atoms with van der Waals surface area (Å²) in [6.07, 6.45) is 6.83. The van der Waals surface area contributed by atoms with Crippen LogP contribution in [-0.2, 0) is 4.79 Å². The van der Waals surface area contributed by atoms with Gasteiger partial charge in [0.25, 0.3) is 0 Å². The molecule has 0 bridgehead atoms. The molecular weight excluding hydrogens is 364 g/mol. The van der Waals surface area contributed by atoms with E-state index in [-0.39, 0.29) is 35.9 Å². The number of carbonyl (C=O) groups is 1. The van der Waals surface area contributed by atoms with Crippen molar-refractivity contribution in [1.29, 1.82) is 0 Å². The van der Waals surface area contributed by atoms with Crippen LogP contribution in [0, 0.1) is 0 Å². The summed E-state index contributed by atoms with van der Waals surface area (Å²) in [6, 6.07) is 4.86. The zero-order chi connectivity index (χ0) is 20.4. The van der Waals surface area contributed by atoms with Crippen molar-refractivity contribution in [1.82, 2.24) is 0 Å². The van der Waals surface area contributed by atoms with Crippen LogP contribution in [0.4, 0.5) is 0 Å². The Hall–Kier alpha value is -2.70. The summed E-state index contributed by atoms with van der Waals surface area (Å²) in [5.74, 6) is -1.09. The number of unbranched alkanes of at least 4 members (excludes halogenated alkanes) is 5. The highest BCUT2D eigenvalue weighted by Crippen LogP contribution is 2.35. The molecule has 2 rings (SSSR count). The molecule has 0 saturated heterocycles. The van der Waals surface area contributed by atoms with Crippen molar-refractivity contribution < 1.29 is 28.9 Å². The summed E-state index contributed by atoms with van der Waals surface area (Å²) in [6.45, 7) is 2.66. The number of rotatable bonds is 13. The van der Waals surface area contributed by atoms with E-state index in [1.807, 2.05) is 0 Å². The SMILES string of the molecule is CCCCCCCCOc1c(O)c2cccc(OCCCC(=O)O)c2oc1=O. The Morgan fingerprint density at radius 3 is 2.50 bits per heavy atom. The minimum atomic E-state index is -0.905. The molecule has 0 atom stereocenters. The summed E-state index contributed by atoms with van der Waals surface area (Å²) >= 11 is 0. The number of benzene rings is 1. The smallest absolute Gasteiger partial charge is 0.383 e. The average Bonchev–Trinajstić information content (AvgIpc) is 2.67. The van der Waals surface area contributed by atoms with E-state index in [4.69, 9.17) is 19.0 Å². The third-order valence-electron chi connectivity index (χ3n) is 4.37. The van der Waals surface area contributed by atoms with Crippen molar-refractivity contribution in [2.45, 2.75) is 58.3 Å². The van der Waals surface area contributed by atoms with Crippen LogP contribution in [0.2, 0.25) is 0 Å². The quantitative estimate of drug-likeness (QED) is 0.382. The van der Waals surface area contributed by atoms with Crippen molar-refractivity contribution in [3.8, 4) is 17.2 Å². The lowest BCUT2D eigenvalue weighted by atomic mass is 10.1. The van der Waals surface area contributed by atoms with E-state index in [9.17, 15) is 14.7 Å². The van der Waals surface area contributed by atoms with Crippen LogP contribution in [0.3, 0.4) is 0 Å². The highest BCUT2D eigenvalue weighted by atomic mass is 16.5. The Balaban J connectivity index is 2.03. The van der Waals surface area contributed by atoms with Gasteiger partial charge in [-0.1, -0.05) is 45.1 Å². The minimum Gasteiger partial charge on any atom is -0.504 e. The number of ether oxygens (including phenoxy) is 2. The lowest BCUT2D eigenvalue weighted by Gasteiger charge is -2.11. The fraction of sp³-hybridized carbons (Fsp3) is 0.524. The number of para-hydroxylation sites is 1. The van der Waals surface area contributed by atoms with Gasteiger partial charge in [-0.15, -0.1) is 0 Å². The predicted octanol–water partition coefficient (Wildman–Crippen LogP) is 4.48. The summed E-state index contributed by atoms with van der Waals surface area (Å²) < 4.78 is 16.3. The van der Waals surface area contributed by atoms with Crippen molar-refractivity contribution in [3.63, 3.8) is 0 Å². The highest BCUT2D eigenvalue weighted by molar-refractivity contribution is 5.89. The Morgan fingerprint density at radius 2 is 1.75 bits per heavy atom. The minimum absolute atomic E-state index is 0.0175. The predicted molar refractivity (Wildman–Crippen MR) is 105 cm³/mol. The van der Waals surface area contributed by atoms with Crippen LogP contribution < -0.4 is 15.1 Å². The maximum absolute atomic E-state index is 12.2. The summed E-state index contributed by atoms with van der Waals surface area (Å²) in [5, 5.41) is 19.4. The molecule has 0 saturated carbocycles. The van der Waals surface area contributed by atoms with Gasteiger partial charge < -0.3 is 24.1 Å². The van der Waals surface area contributed by atoms with Gasteiger partial charge in [-0.3, -0.25) is 4.79 Å². The van der Waals surface area contributed by atoms with Crippen LogP contribution in [0.5, 0.6) is 17.2 Å². The van der Waals surface area contributed by atoms with Crippen LogP contribution in [-0.4, -0.2) is 29.4 Å². The van der Waals surface area contributed by atoms with E-state index in [0.29, 0.717) is 18.4 Å². The Kier molecular flexibility index (Phi) is 8.65. The zero-order valence-corrected chi connectivity index (χ0v) is 16.2. The van der Waals surface area contributed by atoms with Gasteiger partial charge in [0.2, 0.25) is 5.75 Å². The van der Waals surface area contributed by atoms with Gasteiger partial charge >= 0.3 is 11.6 Å². The first-order chi connectivity index (χ1) is 13.5. The van der Waals surface area contributed by atoms with Crippen LogP contribution in [0.1, 0.15) is 58.3 Å². The Morgan fingerprint density at radius 1 is 1.04 bits per heavy atom. The molecule has 1 heterocycles. The molecular formula is C21H28O7. The molecule has 0 aliphatic carbocycles. The van der Waals surface area contributed by atoms with Gasteiger partial charge in [0.1, 0.15) is 0 Å². The van der Waals surface area contributed by atoms with Crippen molar-refractivity contribution in [2.75, 3.05) is 13.2 Å². The number of aliphatic carboxylic acids is 1. The number of hydrogen-bond acceptors (Lipinski definition) is 6. The molecule has 1 aromatic carbocycles. The summed E-state index contributed by atoms with van der Waals surface area (Å²) in [5.41, 5.74) is -0.648. The number of carboxylic acids is 1. The normalized spacial score (nSPS) is 10.9. The molecule has 0 unspecified atom stereocenters. The second kappa shape index (κ2) is 11.2. The third kappa shape index (κ3) is 6.18. The first-order valence-corrected chi connectivity index (χ1v) is 9.80. The molecule has 2 aromatic rings. The number of carboxylic acid groups (broad SMARTS) is 1.